The molecule has 1 heterocycles. The minimum absolute atomic E-state index is 0.187. The van der Waals surface area contributed by atoms with E-state index in [9.17, 15) is 5.11 Å². The average molecular weight is 290 g/mol. The lowest BCUT2D eigenvalue weighted by Crippen LogP contribution is -1.75. The van der Waals surface area contributed by atoms with Crippen LogP contribution in [-0.4, -0.2) is 5.11 Å². The molecule has 0 saturated carbocycles. The Bertz CT molecular complexity index is 467. The number of phenolic OH excluding ortho intramolecular Hbond substituents is 1. The van der Waals surface area contributed by atoms with Gasteiger partial charge in [0.05, 0.1) is 5.02 Å². The summed E-state index contributed by atoms with van der Waals surface area (Å²) in [5.41, 5.74) is 0.936. The molecule has 0 unspecified atom stereocenters. The summed E-state index contributed by atoms with van der Waals surface area (Å²) < 4.78 is 1.02. The molecule has 1 nitrogen and oxygen atoms in total. The van der Waals surface area contributed by atoms with Gasteiger partial charge in [-0.25, -0.2) is 0 Å². The van der Waals surface area contributed by atoms with Crippen molar-refractivity contribution in [2.75, 3.05) is 0 Å². The molecule has 2 aromatic rings. The summed E-state index contributed by atoms with van der Waals surface area (Å²) in [6.07, 6.45) is 0. The number of halogens is 2. The third-order valence-corrected chi connectivity index (χ3v) is 4.00. The standard InChI is InChI=1S/C10H6BrClOS/c11-8-3-4-14-10(8)7-2-1-6(13)5-9(7)12/h1-5,13H. The fraction of sp³-hybridized carbons (Fsp3) is 0. The Morgan fingerprint density at radius 2 is 2.07 bits per heavy atom. The maximum atomic E-state index is 9.21. The number of benzene rings is 1. The number of aromatic hydroxyl groups is 1. The van der Waals surface area contributed by atoms with Crippen molar-refractivity contribution in [2.24, 2.45) is 0 Å². The summed E-state index contributed by atoms with van der Waals surface area (Å²) in [7, 11) is 0. The van der Waals surface area contributed by atoms with Crippen molar-refractivity contribution in [2.45, 2.75) is 0 Å². The molecule has 1 N–H and O–H groups in total. The first kappa shape index (κ1) is 10.0. The second kappa shape index (κ2) is 3.93. The summed E-state index contributed by atoms with van der Waals surface area (Å²) >= 11 is 11.1. The Labute approximate surface area is 99.1 Å². The van der Waals surface area contributed by atoms with Crippen LogP contribution in [0, 0.1) is 0 Å². The SMILES string of the molecule is Oc1ccc(-c2sccc2Br)c(Cl)c1. The molecule has 0 saturated heterocycles. The van der Waals surface area contributed by atoms with Crippen LogP contribution in [0.2, 0.25) is 5.02 Å². The minimum atomic E-state index is 0.187. The predicted molar refractivity (Wildman–Crippen MR) is 64.1 cm³/mol. The quantitative estimate of drug-likeness (QED) is 0.817. The van der Waals surface area contributed by atoms with Gasteiger partial charge in [0.2, 0.25) is 0 Å². The summed E-state index contributed by atoms with van der Waals surface area (Å²) in [6.45, 7) is 0. The maximum absolute atomic E-state index is 9.21. The molecule has 0 fully saturated rings. The lowest BCUT2D eigenvalue weighted by atomic mass is 10.2. The molecule has 2 rings (SSSR count). The highest BCUT2D eigenvalue weighted by Gasteiger charge is 2.08. The van der Waals surface area contributed by atoms with Crippen molar-refractivity contribution >= 4 is 38.9 Å². The van der Waals surface area contributed by atoms with Crippen LogP contribution in [0.4, 0.5) is 0 Å². The van der Waals surface area contributed by atoms with E-state index in [1.165, 1.54) is 0 Å². The molecular weight excluding hydrogens is 284 g/mol. The molecule has 72 valence electrons. The van der Waals surface area contributed by atoms with E-state index in [1.54, 1.807) is 23.5 Å². The van der Waals surface area contributed by atoms with Crippen molar-refractivity contribution < 1.29 is 5.11 Å². The van der Waals surface area contributed by atoms with Crippen LogP contribution >= 0.6 is 38.9 Å². The summed E-state index contributed by atoms with van der Waals surface area (Å²) in [5, 5.41) is 11.8. The monoisotopic (exact) mass is 288 g/mol. The number of hydrogen-bond acceptors (Lipinski definition) is 2. The van der Waals surface area contributed by atoms with Gasteiger partial charge in [-0.3, -0.25) is 0 Å². The molecule has 0 atom stereocenters. The molecule has 0 bridgehead atoms. The largest absolute Gasteiger partial charge is 0.508 e. The number of rotatable bonds is 1. The van der Waals surface area contributed by atoms with Gasteiger partial charge in [-0.15, -0.1) is 11.3 Å². The van der Waals surface area contributed by atoms with Gasteiger partial charge < -0.3 is 5.11 Å². The lowest BCUT2D eigenvalue weighted by molar-refractivity contribution is 0.475. The van der Waals surface area contributed by atoms with Crippen molar-refractivity contribution in [3.05, 3.63) is 39.1 Å². The fourth-order valence-corrected chi connectivity index (χ4v) is 3.13. The van der Waals surface area contributed by atoms with Gasteiger partial charge in [-0.2, -0.15) is 0 Å². The van der Waals surface area contributed by atoms with Crippen molar-refractivity contribution in [3.8, 4) is 16.2 Å². The molecule has 0 amide bonds. The second-order valence-electron chi connectivity index (χ2n) is 2.76. The highest BCUT2D eigenvalue weighted by Crippen LogP contribution is 2.38. The van der Waals surface area contributed by atoms with E-state index < -0.39 is 0 Å². The molecule has 1 aromatic carbocycles. The van der Waals surface area contributed by atoms with E-state index in [4.69, 9.17) is 11.6 Å². The van der Waals surface area contributed by atoms with Gasteiger partial charge in [0.1, 0.15) is 5.75 Å². The van der Waals surface area contributed by atoms with Crippen LogP contribution in [-0.2, 0) is 0 Å². The van der Waals surface area contributed by atoms with Gasteiger partial charge in [-0.05, 0) is 45.6 Å². The summed E-state index contributed by atoms with van der Waals surface area (Å²) in [6, 6.07) is 6.97. The Morgan fingerprint density at radius 3 is 2.64 bits per heavy atom. The zero-order valence-corrected chi connectivity index (χ0v) is 10.2. The van der Waals surface area contributed by atoms with Crippen molar-refractivity contribution in [1.29, 1.82) is 0 Å². The Morgan fingerprint density at radius 1 is 1.29 bits per heavy atom. The van der Waals surface area contributed by atoms with E-state index in [1.807, 2.05) is 17.5 Å². The molecule has 0 spiro atoms. The Balaban J connectivity index is 2.58. The maximum Gasteiger partial charge on any atom is 0.117 e. The normalized spacial score (nSPS) is 10.4. The van der Waals surface area contributed by atoms with Crippen molar-refractivity contribution in [1.82, 2.24) is 0 Å². The van der Waals surface area contributed by atoms with E-state index >= 15 is 0 Å². The summed E-state index contributed by atoms with van der Waals surface area (Å²) in [4.78, 5) is 1.08. The highest BCUT2D eigenvalue weighted by atomic mass is 79.9. The third-order valence-electron chi connectivity index (χ3n) is 1.81. The average Bonchev–Trinajstić information content (AvgIpc) is 2.52. The zero-order chi connectivity index (χ0) is 10.1. The van der Waals surface area contributed by atoms with E-state index in [2.05, 4.69) is 15.9 Å². The number of phenols is 1. The van der Waals surface area contributed by atoms with E-state index in [0.717, 1.165) is 14.9 Å². The van der Waals surface area contributed by atoms with E-state index in [0.29, 0.717) is 5.02 Å². The number of hydrogen-bond donors (Lipinski definition) is 1. The first-order valence-electron chi connectivity index (χ1n) is 3.90. The van der Waals surface area contributed by atoms with Crippen molar-refractivity contribution in [3.63, 3.8) is 0 Å². The van der Waals surface area contributed by atoms with Gasteiger partial charge in [-0.1, -0.05) is 11.6 Å². The Hall–Kier alpha value is -0.510. The molecule has 4 heteroatoms. The predicted octanol–water partition coefficient (Wildman–Crippen LogP) is 4.54. The van der Waals surface area contributed by atoms with Gasteiger partial charge in [0.15, 0.2) is 0 Å². The topological polar surface area (TPSA) is 20.2 Å². The molecule has 0 aliphatic heterocycles. The molecular formula is C10H6BrClOS. The fourth-order valence-electron chi connectivity index (χ4n) is 1.17. The first-order chi connectivity index (χ1) is 6.68. The zero-order valence-electron chi connectivity index (χ0n) is 7.00. The molecule has 0 aliphatic carbocycles. The second-order valence-corrected chi connectivity index (χ2v) is 4.94. The van der Waals surface area contributed by atoms with Crippen LogP contribution in [0.5, 0.6) is 5.75 Å². The van der Waals surface area contributed by atoms with Gasteiger partial charge in [0.25, 0.3) is 0 Å². The number of thiophene rings is 1. The highest BCUT2D eigenvalue weighted by molar-refractivity contribution is 9.10. The van der Waals surface area contributed by atoms with E-state index in [-0.39, 0.29) is 5.75 Å². The smallest absolute Gasteiger partial charge is 0.117 e. The summed E-state index contributed by atoms with van der Waals surface area (Å²) in [5.74, 6) is 0.187. The van der Waals surface area contributed by atoms with Crippen LogP contribution in [0.1, 0.15) is 0 Å². The molecule has 1 aromatic heterocycles. The minimum Gasteiger partial charge on any atom is -0.508 e. The molecule has 0 aliphatic rings. The van der Waals surface area contributed by atoms with Crippen LogP contribution < -0.4 is 0 Å². The van der Waals surface area contributed by atoms with Gasteiger partial charge in [0, 0.05) is 14.9 Å². The first-order valence-corrected chi connectivity index (χ1v) is 5.95. The molecule has 14 heavy (non-hydrogen) atoms. The molecule has 0 radical (unpaired) electrons. The third kappa shape index (κ3) is 1.80. The lowest BCUT2D eigenvalue weighted by Gasteiger charge is -2.02. The van der Waals surface area contributed by atoms with Gasteiger partial charge >= 0.3 is 0 Å². The van der Waals surface area contributed by atoms with Crippen LogP contribution in [0.25, 0.3) is 10.4 Å². The van der Waals surface area contributed by atoms with Crippen LogP contribution in [0.15, 0.2) is 34.1 Å². The Kier molecular flexibility index (Phi) is 2.81. The van der Waals surface area contributed by atoms with Crippen LogP contribution in [0.3, 0.4) is 0 Å².